The summed E-state index contributed by atoms with van der Waals surface area (Å²) in [5.74, 6) is 0.717. The topological polar surface area (TPSA) is 57.6 Å². The molecule has 0 saturated heterocycles. The third-order valence-corrected chi connectivity index (χ3v) is 11.7. The fourth-order valence-electron chi connectivity index (χ4n) is 9.10. The fourth-order valence-corrected chi connectivity index (χ4v) is 9.10. The standard InChI is InChI=1S/C53H33N5O/c59-53-50-43(52-48(25-14-30-54-52)57(53)38-19-8-3-9-20-38)33-49(55-51(50)34-15-4-1-5-16-34)58-45-24-13-11-22-40(45)42-32-36(27-29-47(42)58)35-26-28-46-41(31-35)39-21-10-12-23-44(39)56(46)37-17-6-2-7-18-37/h1-33H. The Morgan fingerprint density at radius 2 is 0.881 bits per heavy atom. The zero-order valence-electron chi connectivity index (χ0n) is 31.7. The molecule has 6 heteroatoms. The molecule has 0 spiro atoms. The van der Waals surface area contributed by atoms with E-state index in [0.29, 0.717) is 16.9 Å². The highest BCUT2D eigenvalue weighted by atomic mass is 16.1. The summed E-state index contributed by atoms with van der Waals surface area (Å²) in [6, 6.07) is 66.9. The highest BCUT2D eigenvalue weighted by Crippen LogP contribution is 2.39. The van der Waals surface area contributed by atoms with Crippen molar-refractivity contribution in [1.82, 2.24) is 23.7 Å². The van der Waals surface area contributed by atoms with Crippen molar-refractivity contribution < 1.29 is 0 Å². The molecular formula is C53H33N5O. The second-order valence-corrected chi connectivity index (χ2v) is 15.0. The second kappa shape index (κ2) is 13.0. The van der Waals surface area contributed by atoms with Crippen LogP contribution in [0.2, 0.25) is 0 Å². The third-order valence-electron chi connectivity index (χ3n) is 11.7. The number of aromatic nitrogens is 5. The first-order chi connectivity index (χ1) is 29.2. The number of pyridine rings is 3. The third kappa shape index (κ3) is 5.03. The van der Waals surface area contributed by atoms with Crippen LogP contribution in [0.4, 0.5) is 0 Å². The van der Waals surface area contributed by atoms with Gasteiger partial charge in [-0.2, -0.15) is 0 Å². The fraction of sp³-hybridized carbons (Fsp3) is 0. The molecule has 0 aliphatic heterocycles. The second-order valence-electron chi connectivity index (χ2n) is 15.0. The van der Waals surface area contributed by atoms with Gasteiger partial charge in [0.1, 0.15) is 5.82 Å². The summed E-state index contributed by atoms with van der Waals surface area (Å²) in [6.07, 6.45) is 1.79. The SMILES string of the molecule is O=c1c2c(-c3ccccc3)nc(-n3c4ccccc4c4cc(-c5ccc6c(c5)c5ccccc5n6-c5ccccc5)ccc43)cc2c2ncccc2n1-c1ccccc1. The van der Waals surface area contributed by atoms with Crippen LogP contribution in [0.5, 0.6) is 0 Å². The summed E-state index contributed by atoms with van der Waals surface area (Å²) in [5.41, 5.74) is 11.4. The van der Waals surface area contributed by atoms with Gasteiger partial charge in [0.05, 0.1) is 44.2 Å². The number of hydrogen-bond donors (Lipinski definition) is 0. The lowest BCUT2D eigenvalue weighted by Gasteiger charge is -2.17. The van der Waals surface area contributed by atoms with Gasteiger partial charge in [-0.05, 0) is 90.0 Å². The molecule has 0 fully saturated rings. The molecule has 7 aromatic carbocycles. The predicted molar refractivity (Wildman–Crippen MR) is 242 cm³/mol. The zero-order valence-corrected chi connectivity index (χ0v) is 31.7. The molecule has 0 unspecified atom stereocenters. The summed E-state index contributed by atoms with van der Waals surface area (Å²) in [4.78, 5) is 25.2. The van der Waals surface area contributed by atoms with Crippen LogP contribution in [-0.4, -0.2) is 23.7 Å². The molecule has 0 aliphatic rings. The lowest BCUT2D eigenvalue weighted by molar-refractivity contribution is 1.05. The molecule has 0 aliphatic carbocycles. The average Bonchev–Trinajstić information content (AvgIpc) is 3.82. The highest BCUT2D eigenvalue weighted by Gasteiger charge is 2.22. The molecule has 6 nitrogen and oxygen atoms in total. The molecule has 0 N–H and O–H groups in total. The van der Waals surface area contributed by atoms with Crippen molar-refractivity contribution in [3.8, 4) is 39.6 Å². The Hall–Kier alpha value is -8.09. The zero-order chi connectivity index (χ0) is 39.0. The number of nitrogens with zero attached hydrogens (tertiary/aromatic N) is 5. The summed E-state index contributed by atoms with van der Waals surface area (Å²) >= 11 is 0. The van der Waals surface area contributed by atoms with Gasteiger partial charge >= 0.3 is 0 Å². The van der Waals surface area contributed by atoms with E-state index in [1.54, 1.807) is 10.8 Å². The van der Waals surface area contributed by atoms with Crippen molar-refractivity contribution in [2.45, 2.75) is 0 Å². The van der Waals surface area contributed by atoms with E-state index in [4.69, 9.17) is 9.97 Å². The Labute approximate surface area is 338 Å². The van der Waals surface area contributed by atoms with Gasteiger partial charge in [0.25, 0.3) is 5.56 Å². The Balaban J connectivity index is 1.10. The van der Waals surface area contributed by atoms with Crippen molar-refractivity contribution >= 4 is 65.4 Å². The lowest BCUT2D eigenvalue weighted by Crippen LogP contribution is -2.21. The Morgan fingerprint density at radius 3 is 1.53 bits per heavy atom. The van der Waals surface area contributed by atoms with Gasteiger partial charge in [-0.3, -0.25) is 18.9 Å². The van der Waals surface area contributed by atoms with E-state index in [-0.39, 0.29) is 5.56 Å². The minimum atomic E-state index is -0.139. The molecule has 0 bridgehead atoms. The maximum atomic E-state index is 14.8. The first-order valence-corrected chi connectivity index (χ1v) is 19.8. The van der Waals surface area contributed by atoms with E-state index >= 15 is 0 Å². The van der Waals surface area contributed by atoms with Crippen LogP contribution >= 0.6 is 0 Å². The van der Waals surface area contributed by atoms with Gasteiger partial charge in [0.2, 0.25) is 0 Å². The largest absolute Gasteiger partial charge is 0.309 e. The van der Waals surface area contributed by atoms with E-state index in [1.165, 1.54) is 21.8 Å². The smallest absolute Gasteiger partial charge is 0.265 e. The number of hydrogen-bond acceptors (Lipinski definition) is 3. The molecule has 12 aromatic rings. The molecule has 5 aromatic heterocycles. The van der Waals surface area contributed by atoms with E-state index in [0.717, 1.165) is 66.3 Å². The molecule has 12 rings (SSSR count). The Kier molecular flexibility index (Phi) is 7.28. The molecule has 0 amide bonds. The maximum Gasteiger partial charge on any atom is 0.265 e. The van der Waals surface area contributed by atoms with Crippen LogP contribution in [-0.2, 0) is 0 Å². The number of fused-ring (bicyclic) bond motifs is 9. The molecule has 0 atom stereocenters. The molecule has 0 saturated carbocycles. The van der Waals surface area contributed by atoms with Crippen molar-refractivity contribution in [2.24, 2.45) is 0 Å². The average molecular weight is 756 g/mol. The van der Waals surface area contributed by atoms with Crippen LogP contribution in [0.15, 0.2) is 205 Å². The first kappa shape index (κ1) is 33.1. The maximum absolute atomic E-state index is 14.8. The van der Waals surface area contributed by atoms with E-state index in [1.807, 2.05) is 78.9 Å². The van der Waals surface area contributed by atoms with Crippen molar-refractivity contribution in [3.63, 3.8) is 0 Å². The van der Waals surface area contributed by atoms with E-state index in [9.17, 15) is 4.79 Å². The van der Waals surface area contributed by atoms with Gasteiger partial charge in [0, 0.05) is 50.1 Å². The molecule has 0 radical (unpaired) electrons. The van der Waals surface area contributed by atoms with Crippen LogP contribution in [0.1, 0.15) is 0 Å². The van der Waals surface area contributed by atoms with Crippen LogP contribution < -0.4 is 5.56 Å². The molecule has 5 heterocycles. The van der Waals surface area contributed by atoms with Gasteiger partial charge in [-0.15, -0.1) is 0 Å². The molecular weight excluding hydrogens is 723 g/mol. The molecule has 59 heavy (non-hydrogen) atoms. The van der Waals surface area contributed by atoms with E-state index in [2.05, 4.69) is 124 Å². The quantitative estimate of drug-likeness (QED) is 0.164. The first-order valence-electron chi connectivity index (χ1n) is 19.8. The Morgan fingerprint density at radius 1 is 0.373 bits per heavy atom. The minimum absolute atomic E-state index is 0.139. The highest BCUT2D eigenvalue weighted by molar-refractivity contribution is 6.14. The number of para-hydroxylation sites is 4. The van der Waals surface area contributed by atoms with Crippen molar-refractivity contribution in [3.05, 3.63) is 211 Å². The monoisotopic (exact) mass is 755 g/mol. The van der Waals surface area contributed by atoms with Gasteiger partial charge in [-0.25, -0.2) is 4.98 Å². The Bertz CT molecular complexity index is 3680. The normalized spacial score (nSPS) is 11.8. The summed E-state index contributed by atoms with van der Waals surface area (Å²) in [6.45, 7) is 0. The summed E-state index contributed by atoms with van der Waals surface area (Å²) < 4.78 is 6.34. The van der Waals surface area contributed by atoms with E-state index < -0.39 is 0 Å². The van der Waals surface area contributed by atoms with Gasteiger partial charge in [-0.1, -0.05) is 115 Å². The number of benzene rings is 7. The predicted octanol–water partition coefficient (Wildman–Crippen LogP) is 12.5. The van der Waals surface area contributed by atoms with Gasteiger partial charge in [0.15, 0.2) is 0 Å². The minimum Gasteiger partial charge on any atom is -0.309 e. The van der Waals surface area contributed by atoms with Crippen LogP contribution in [0.25, 0.3) is 105 Å². The molecule has 276 valence electrons. The van der Waals surface area contributed by atoms with Crippen LogP contribution in [0, 0.1) is 0 Å². The van der Waals surface area contributed by atoms with Crippen molar-refractivity contribution in [1.29, 1.82) is 0 Å². The summed E-state index contributed by atoms with van der Waals surface area (Å²) in [7, 11) is 0. The van der Waals surface area contributed by atoms with Gasteiger partial charge < -0.3 is 4.57 Å². The van der Waals surface area contributed by atoms with Crippen LogP contribution in [0.3, 0.4) is 0 Å². The summed E-state index contributed by atoms with van der Waals surface area (Å²) in [5, 5.41) is 5.96. The van der Waals surface area contributed by atoms with Crippen molar-refractivity contribution in [2.75, 3.05) is 0 Å². The number of rotatable bonds is 5. The lowest BCUT2D eigenvalue weighted by atomic mass is 10.0.